The van der Waals surface area contributed by atoms with Crippen LogP contribution >= 0.6 is 0 Å². The fraction of sp³-hybridized carbons (Fsp3) is 0.182. The quantitative estimate of drug-likeness (QED) is 0.445. The largest absolute Gasteiger partial charge is 0.505 e. The number of hydrogen-bond acceptors (Lipinski definition) is 5. The summed E-state index contributed by atoms with van der Waals surface area (Å²) >= 11 is 0. The molecular weight excluding hydrogens is 220 g/mol. The number of phenolic OH excluding ortho intramolecular Hbond substituents is 1. The first-order valence-corrected chi connectivity index (χ1v) is 4.72. The van der Waals surface area contributed by atoms with Crippen molar-refractivity contribution >= 4 is 11.6 Å². The fourth-order valence-electron chi connectivity index (χ4n) is 1.27. The lowest BCUT2D eigenvalue weighted by Crippen LogP contribution is -2.31. The molecule has 0 aliphatic heterocycles. The molecule has 0 fully saturated rings. The molecule has 3 N–H and O–H groups in total. The Balaban J connectivity index is 3.07. The average Bonchev–Trinajstić information content (AvgIpc) is 2.31. The summed E-state index contributed by atoms with van der Waals surface area (Å²) in [5, 5.41) is 26.7. The number of aromatic hydroxyl groups is 1. The summed E-state index contributed by atoms with van der Waals surface area (Å²) in [4.78, 5) is 12.9. The Labute approximate surface area is 98.1 Å². The van der Waals surface area contributed by atoms with Crippen molar-refractivity contribution in [2.24, 2.45) is 0 Å². The molecule has 0 aromatic heterocycles. The number of phenols is 1. The monoisotopic (exact) mass is 230 g/mol. The predicted octanol–water partition coefficient (Wildman–Crippen LogP) is 0.464. The van der Waals surface area contributed by atoms with Gasteiger partial charge in [-0.05, 0) is 12.1 Å². The Morgan fingerprint density at radius 3 is 2.47 bits per heavy atom. The van der Waals surface area contributed by atoms with E-state index in [2.05, 4.69) is 0 Å². The first-order valence-electron chi connectivity index (χ1n) is 4.72. The van der Waals surface area contributed by atoms with E-state index in [4.69, 9.17) is 16.3 Å². The van der Waals surface area contributed by atoms with Crippen LogP contribution in [0.15, 0.2) is 18.2 Å². The lowest BCUT2D eigenvalue weighted by molar-refractivity contribution is 0.0792. The molecule has 6 nitrogen and oxygen atoms in total. The normalized spacial score (nSPS) is 9.06. The van der Waals surface area contributed by atoms with Gasteiger partial charge in [0.05, 0.1) is 23.4 Å². The summed E-state index contributed by atoms with van der Waals surface area (Å²) in [6.45, 7) is -0.443. The maximum atomic E-state index is 11.9. The van der Waals surface area contributed by atoms with Gasteiger partial charge in [0.25, 0.3) is 5.91 Å². The van der Waals surface area contributed by atoms with E-state index in [1.54, 1.807) is 12.1 Å². The predicted molar refractivity (Wildman–Crippen MR) is 59.6 cm³/mol. The molecule has 0 saturated heterocycles. The third kappa shape index (κ3) is 2.64. The molecule has 1 aromatic rings. The van der Waals surface area contributed by atoms with Gasteiger partial charge in [0.2, 0.25) is 0 Å². The summed E-state index contributed by atoms with van der Waals surface area (Å²) < 4.78 is 0. The van der Waals surface area contributed by atoms with E-state index in [1.165, 1.54) is 18.2 Å². The minimum atomic E-state index is -0.599. The summed E-state index contributed by atoms with van der Waals surface area (Å²) in [5.74, 6) is -0.934. The van der Waals surface area contributed by atoms with Gasteiger partial charge in [-0.15, -0.1) is 0 Å². The van der Waals surface area contributed by atoms with E-state index < -0.39 is 5.91 Å². The molecular formula is C11H10N4O2. The highest BCUT2D eigenvalue weighted by Gasteiger charge is 2.19. The topological polar surface area (TPSA) is 114 Å². The molecule has 0 aliphatic rings. The summed E-state index contributed by atoms with van der Waals surface area (Å²) in [6, 6.07) is 7.90. The summed E-state index contributed by atoms with van der Waals surface area (Å²) in [5.41, 5.74) is 5.51. The van der Waals surface area contributed by atoms with Crippen LogP contribution in [0.25, 0.3) is 0 Å². The standard InChI is InChI=1S/C11H10N4O2/c12-4-6-15(7-5-13)11(17)8-2-1-3-9(14)10(8)16/h1-3,16H,6-7,14H2. The number of amides is 1. The van der Waals surface area contributed by atoms with Crippen LogP contribution in [0.3, 0.4) is 0 Å². The van der Waals surface area contributed by atoms with Crippen molar-refractivity contribution in [1.82, 2.24) is 4.90 Å². The van der Waals surface area contributed by atoms with Crippen molar-refractivity contribution < 1.29 is 9.90 Å². The number of carbonyl (C=O) groups is 1. The number of nitrogen functional groups attached to an aromatic ring is 1. The van der Waals surface area contributed by atoms with Gasteiger partial charge in [-0.3, -0.25) is 4.79 Å². The summed E-state index contributed by atoms with van der Waals surface area (Å²) in [7, 11) is 0. The molecule has 0 bridgehead atoms. The fourth-order valence-corrected chi connectivity index (χ4v) is 1.27. The van der Waals surface area contributed by atoms with Gasteiger partial charge in [0.1, 0.15) is 13.1 Å². The van der Waals surface area contributed by atoms with E-state index in [0.717, 1.165) is 4.90 Å². The lowest BCUT2D eigenvalue weighted by atomic mass is 10.1. The van der Waals surface area contributed by atoms with E-state index in [-0.39, 0.29) is 30.1 Å². The number of hydrogen-bond donors (Lipinski definition) is 2. The SMILES string of the molecule is N#CCN(CC#N)C(=O)c1cccc(N)c1O. The number of benzene rings is 1. The molecule has 1 aromatic carbocycles. The highest BCUT2D eigenvalue weighted by Crippen LogP contribution is 2.25. The van der Waals surface area contributed by atoms with Crippen LogP contribution in [-0.2, 0) is 0 Å². The number of para-hydroxylation sites is 1. The molecule has 1 rings (SSSR count). The Bertz CT molecular complexity index is 497. The highest BCUT2D eigenvalue weighted by atomic mass is 16.3. The highest BCUT2D eigenvalue weighted by molar-refractivity contribution is 5.98. The number of carbonyl (C=O) groups excluding carboxylic acids is 1. The van der Waals surface area contributed by atoms with Crippen LogP contribution in [0.2, 0.25) is 0 Å². The molecule has 0 unspecified atom stereocenters. The van der Waals surface area contributed by atoms with Crippen molar-refractivity contribution in [3.8, 4) is 17.9 Å². The molecule has 0 aliphatic carbocycles. The van der Waals surface area contributed by atoms with Gasteiger partial charge in [0, 0.05) is 0 Å². The maximum absolute atomic E-state index is 11.9. The Kier molecular flexibility index (Phi) is 3.91. The van der Waals surface area contributed by atoms with Gasteiger partial charge in [-0.25, -0.2) is 0 Å². The molecule has 0 radical (unpaired) electrons. The van der Waals surface area contributed by atoms with Gasteiger partial charge in [-0.1, -0.05) is 6.07 Å². The van der Waals surface area contributed by atoms with Gasteiger partial charge >= 0.3 is 0 Å². The third-order valence-corrected chi connectivity index (χ3v) is 2.11. The van der Waals surface area contributed by atoms with Crippen LogP contribution in [0.1, 0.15) is 10.4 Å². The minimum absolute atomic E-state index is 0.0181. The number of nitriles is 2. The van der Waals surface area contributed by atoms with E-state index in [1.807, 2.05) is 0 Å². The Morgan fingerprint density at radius 1 is 1.35 bits per heavy atom. The van der Waals surface area contributed by atoms with Crippen molar-refractivity contribution in [2.45, 2.75) is 0 Å². The zero-order chi connectivity index (χ0) is 12.8. The molecule has 0 spiro atoms. The minimum Gasteiger partial charge on any atom is -0.505 e. The number of nitrogens with two attached hydrogens (primary N) is 1. The van der Waals surface area contributed by atoms with Crippen molar-refractivity contribution in [3.63, 3.8) is 0 Å². The molecule has 86 valence electrons. The van der Waals surface area contributed by atoms with Gasteiger partial charge in [-0.2, -0.15) is 10.5 Å². The number of nitrogens with zero attached hydrogens (tertiary/aromatic N) is 3. The van der Waals surface area contributed by atoms with E-state index in [0.29, 0.717) is 0 Å². The first kappa shape index (κ1) is 12.3. The van der Waals surface area contributed by atoms with Gasteiger partial charge in [0.15, 0.2) is 5.75 Å². The second-order valence-electron chi connectivity index (χ2n) is 3.22. The molecule has 6 heteroatoms. The molecule has 0 atom stereocenters. The first-order chi connectivity index (χ1) is 8.11. The van der Waals surface area contributed by atoms with Crippen LogP contribution in [0.5, 0.6) is 5.75 Å². The number of rotatable bonds is 3. The second kappa shape index (κ2) is 5.38. The third-order valence-electron chi connectivity index (χ3n) is 2.11. The van der Waals surface area contributed by atoms with Crippen LogP contribution in [0, 0.1) is 22.7 Å². The summed E-state index contributed by atoms with van der Waals surface area (Å²) in [6.07, 6.45) is 0. The second-order valence-corrected chi connectivity index (χ2v) is 3.22. The van der Waals surface area contributed by atoms with E-state index in [9.17, 15) is 9.90 Å². The van der Waals surface area contributed by atoms with Crippen molar-refractivity contribution in [2.75, 3.05) is 18.8 Å². The zero-order valence-corrected chi connectivity index (χ0v) is 8.92. The average molecular weight is 230 g/mol. The smallest absolute Gasteiger partial charge is 0.259 e. The molecule has 0 saturated carbocycles. The lowest BCUT2D eigenvalue weighted by Gasteiger charge is -2.16. The van der Waals surface area contributed by atoms with E-state index >= 15 is 0 Å². The maximum Gasteiger partial charge on any atom is 0.259 e. The zero-order valence-electron chi connectivity index (χ0n) is 8.92. The van der Waals surface area contributed by atoms with Crippen LogP contribution < -0.4 is 5.73 Å². The van der Waals surface area contributed by atoms with Crippen LogP contribution in [0.4, 0.5) is 5.69 Å². The molecule has 0 heterocycles. The molecule has 17 heavy (non-hydrogen) atoms. The molecule has 1 amide bonds. The number of anilines is 1. The van der Waals surface area contributed by atoms with Crippen molar-refractivity contribution in [1.29, 1.82) is 10.5 Å². The van der Waals surface area contributed by atoms with Crippen LogP contribution in [-0.4, -0.2) is 29.0 Å². The van der Waals surface area contributed by atoms with Gasteiger partial charge < -0.3 is 15.7 Å². The Hall–Kier alpha value is -2.73. The van der Waals surface area contributed by atoms with Crippen molar-refractivity contribution in [3.05, 3.63) is 23.8 Å². The Morgan fingerprint density at radius 2 is 1.94 bits per heavy atom.